The van der Waals surface area contributed by atoms with E-state index >= 15 is 0 Å². The van der Waals surface area contributed by atoms with Crippen LogP contribution in [0.2, 0.25) is 0 Å². The fourth-order valence-corrected chi connectivity index (χ4v) is 4.30. The third kappa shape index (κ3) is 4.65. The summed E-state index contributed by atoms with van der Waals surface area (Å²) in [5.41, 5.74) is 6.98. The first kappa shape index (κ1) is 19.4. The second-order valence-corrected chi connectivity index (χ2v) is 8.52. The Morgan fingerprint density at radius 1 is 1.31 bits per heavy atom. The van der Waals surface area contributed by atoms with Crippen LogP contribution in [0.15, 0.2) is 4.42 Å². The van der Waals surface area contributed by atoms with Crippen LogP contribution in [0.3, 0.4) is 0 Å². The van der Waals surface area contributed by atoms with E-state index in [2.05, 4.69) is 15.2 Å². The fourth-order valence-electron chi connectivity index (χ4n) is 4.30. The van der Waals surface area contributed by atoms with Gasteiger partial charge in [-0.05, 0) is 65.5 Å². The van der Waals surface area contributed by atoms with Gasteiger partial charge in [0.05, 0.1) is 18.2 Å². The molecule has 6 heteroatoms. The van der Waals surface area contributed by atoms with Crippen LogP contribution in [0.5, 0.6) is 0 Å². The Hall–Kier alpha value is -1.40. The van der Waals surface area contributed by atoms with Gasteiger partial charge in [-0.25, -0.2) is 4.98 Å². The molecule has 1 aromatic rings. The number of rotatable bonds is 5. The second kappa shape index (κ2) is 8.09. The maximum atomic E-state index is 12.6. The largest absolute Gasteiger partial charge is 0.444 e. The topological polar surface area (TPSA) is 84.4 Å². The highest BCUT2D eigenvalue weighted by atomic mass is 16.4. The number of piperidine rings is 1. The van der Waals surface area contributed by atoms with Crippen molar-refractivity contribution >= 4 is 5.91 Å². The summed E-state index contributed by atoms with van der Waals surface area (Å²) in [7, 11) is 0. The van der Waals surface area contributed by atoms with Crippen LogP contribution in [0.4, 0.5) is 0 Å². The van der Waals surface area contributed by atoms with Gasteiger partial charge < -0.3 is 15.5 Å². The Kier molecular flexibility index (Phi) is 6.03. The van der Waals surface area contributed by atoms with Crippen molar-refractivity contribution in [2.24, 2.45) is 17.6 Å². The number of likely N-dealkylation sites (tertiary alicyclic amines) is 1. The van der Waals surface area contributed by atoms with Crippen molar-refractivity contribution in [1.29, 1.82) is 0 Å². The lowest BCUT2D eigenvalue weighted by Gasteiger charge is -2.38. The Morgan fingerprint density at radius 3 is 2.65 bits per heavy atom. The van der Waals surface area contributed by atoms with Gasteiger partial charge in [-0.15, -0.1) is 0 Å². The van der Waals surface area contributed by atoms with Crippen LogP contribution in [0.25, 0.3) is 0 Å². The van der Waals surface area contributed by atoms with Gasteiger partial charge in [0.25, 0.3) is 0 Å². The number of carbonyl (C=O) groups excluding carboxylic acids is 1. The van der Waals surface area contributed by atoms with Gasteiger partial charge in [0.1, 0.15) is 5.76 Å². The van der Waals surface area contributed by atoms with Gasteiger partial charge in [0.2, 0.25) is 11.8 Å². The standard InChI is InChI=1S/C20H34N4O2/c1-14-15(2)26-18(23-14)13-24-10-7-16(8-11-24)12-22-19(25)17-6-4-5-9-20(17,3)21/h16-17H,4-13,21H2,1-3H3,(H,22,25). The molecule has 1 saturated carbocycles. The quantitative estimate of drug-likeness (QED) is 0.841. The van der Waals surface area contributed by atoms with Gasteiger partial charge in [-0.1, -0.05) is 12.8 Å². The Bertz CT molecular complexity index is 598. The molecule has 3 rings (SSSR count). The average molecular weight is 363 g/mol. The van der Waals surface area contributed by atoms with Crippen molar-refractivity contribution in [3.05, 3.63) is 17.3 Å². The first-order valence-corrected chi connectivity index (χ1v) is 10.1. The van der Waals surface area contributed by atoms with Crippen molar-refractivity contribution < 1.29 is 9.21 Å². The zero-order chi connectivity index (χ0) is 18.7. The summed E-state index contributed by atoms with van der Waals surface area (Å²) in [6, 6.07) is 0. The first-order chi connectivity index (χ1) is 12.3. The van der Waals surface area contributed by atoms with E-state index in [1.54, 1.807) is 0 Å². The molecule has 26 heavy (non-hydrogen) atoms. The minimum atomic E-state index is -0.349. The molecule has 6 nitrogen and oxygen atoms in total. The molecule has 0 radical (unpaired) electrons. The molecule has 2 heterocycles. The highest BCUT2D eigenvalue weighted by Gasteiger charge is 2.37. The fraction of sp³-hybridized carbons (Fsp3) is 0.800. The number of aromatic nitrogens is 1. The molecule has 146 valence electrons. The number of nitrogens with zero attached hydrogens (tertiary/aromatic N) is 2. The molecule has 2 fully saturated rings. The number of oxazole rings is 1. The smallest absolute Gasteiger partial charge is 0.224 e. The van der Waals surface area contributed by atoms with Crippen LogP contribution in [0, 0.1) is 25.7 Å². The molecule has 3 N–H and O–H groups in total. The molecule has 0 bridgehead atoms. The molecule has 2 aliphatic rings. The van der Waals surface area contributed by atoms with Crippen molar-refractivity contribution in [2.45, 2.75) is 71.4 Å². The summed E-state index contributed by atoms with van der Waals surface area (Å²) in [6.45, 7) is 9.58. The Balaban J connectivity index is 1.40. The normalized spacial score (nSPS) is 28.2. The summed E-state index contributed by atoms with van der Waals surface area (Å²) in [5, 5.41) is 3.18. The van der Waals surface area contributed by atoms with Crippen molar-refractivity contribution in [3.63, 3.8) is 0 Å². The van der Waals surface area contributed by atoms with E-state index in [4.69, 9.17) is 10.2 Å². The zero-order valence-corrected chi connectivity index (χ0v) is 16.5. The molecule has 1 amide bonds. The molecule has 0 spiro atoms. The maximum absolute atomic E-state index is 12.6. The lowest BCUT2D eigenvalue weighted by molar-refractivity contribution is -0.128. The number of aryl methyl sites for hydroxylation is 2. The van der Waals surface area contributed by atoms with E-state index in [-0.39, 0.29) is 17.4 Å². The summed E-state index contributed by atoms with van der Waals surface area (Å²) >= 11 is 0. The third-order valence-electron chi connectivity index (χ3n) is 6.27. The van der Waals surface area contributed by atoms with Crippen LogP contribution in [-0.2, 0) is 11.3 Å². The Morgan fingerprint density at radius 2 is 2.04 bits per heavy atom. The zero-order valence-electron chi connectivity index (χ0n) is 16.5. The molecule has 1 aliphatic carbocycles. The summed E-state index contributed by atoms with van der Waals surface area (Å²) in [4.78, 5) is 19.4. The van der Waals surface area contributed by atoms with Crippen molar-refractivity contribution in [3.8, 4) is 0 Å². The molecule has 2 unspecified atom stereocenters. The number of hydrogen-bond donors (Lipinski definition) is 2. The molecular weight excluding hydrogens is 328 g/mol. The van der Waals surface area contributed by atoms with Crippen LogP contribution >= 0.6 is 0 Å². The number of nitrogens with two attached hydrogens (primary N) is 1. The lowest BCUT2D eigenvalue weighted by atomic mass is 9.74. The van der Waals surface area contributed by atoms with Gasteiger partial charge in [0.15, 0.2) is 0 Å². The third-order valence-corrected chi connectivity index (χ3v) is 6.27. The number of hydrogen-bond acceptors (Lipinski definition) is 5. The second-order valence-electron chi connectivity index (χ2n) is 8.52. The van der Waals surface area contributed by atoms with E-state index < -0.39 is 0 Å². The van der Waals surface area contributed by atoms with Crippen molar-refractivity contribution in [2.75, 3.05) is 19.6 Å². The Labute approximate surface area is 156 Å². The molecular formula is C20H34N4O2. The minimum Gasteiger partial charge on any atom is -0.444 e. The van der Waals surface area contributed by atoms with Gasteiger partial charge >= 0.3 is 0 Å². The van der Waals surface area contributed by atoms with Crippen molar-refractivity contribution in [1.82, 2.24) is 15.2 Å². The number of carbonyl (C=O) groups is 1. The van der Waals surface area contributed by atoms with E-state index in [9.17, 15) is 4.79 Å². The molecule has 1 saturated heterocycles. The predicted octanol–water partition coefficient (Wildman–Crippen LogP) is 2.53. The lowest BCUT2D eigenvalue weighted by Crippen LogP contribution is -2.53. The predicted molar refractivity (Wildman–Crippen MR) is 102 cm³/mol. The summed E-state index contributed by atoms with van der Waals surface area (Å²) in [5.74, 6) is 2.39. The molecule has 1 aromatic heterocycles. The molecule has 2 atom stereocenters. The molecule has 0 aromatic carbocycles. The maximum Gasteiger partial charge on any atom is 0.224 e. The van der Waals surface area contributed by atoms with Crippen LogP contribution in [0.1, 0.15) is 62.8 Å². The molecule has 1 aliphatic heterocycles. The SMILES string of the molecule is Cc1nc(CN2CCC(CNC(=O)C3CCCCC3(C)N)CC2)oc1C. The average Bonchev–Trinajstić information content (AvgIpc) is 2.91. The van der Waals surface area contributed by atoms with Gasteiger partial charge in [-0.2, -0.15) is 0 Å². The van der Waals surface area contributed by atoms with E-state index in [1.165, 1.54) is 0 Å². The highest BCUT2D eigenvalue weighted by molar-refractivity contribution is 5.80. The minimum absolute atomic E-state index is 0.0344. The van der Waals surface area contributed by atoms with E-state index in [0.29, 0.717) is 5.92 Å². The first-order valence-electron chi connectivity index (χ1n) is 10.1. The van der Waals surface area contributed by atoms with Crippen LogP contribution < -0.4 is 11.1 Å². The van der Waals surface area contributed by atoms with Crippen LogP contribution in [-0.4, -0.2) is 41.0 Å². The van der Waals surface area contributed by atoms with E-state index in [1.807, 2.05) is 20.8 Å². The van der Waals surface area contributed by atoms with Gasteiger partial charge in [-0.3, -0.25) is 9.69 Å². The monoisotopic (exact) mass is 362 g/mol. The number of amides is 1. The van der Waals surface area contributed by atoms with Gasteiger partial charge in [0, 0.05) is 12.1 Å². The number of nitrogens with one attached hydrogen (secondary N) is 1. The summed E-state index contributed by atoms with van der Waals surface area (Å²) in [6.07, 6.45) is 6.32. The highest BCUT2D eigenvalue weighted by Crippen LogP contribution is 2.31. The van der Waals surface area contributed by atoms with E-state index in [0.717, 1.165) is 82.0 Å². The summed E-state index contributed by atoms with van der Waals surface area (Å²) < 4.78 is 5.69.